The van der Waals surface area contributed by atoms with Crippen LogP contribution in [0.1, 0.15) is 19.8 Å². The summed E-state index contributed by atoms with van der Waals surface area (Å²) in [7, 11) is 0. The predicted molar refractivity (Wildman–Crippen MR) is 64.7 cm³/mol. The first-order valence-corrected chi connectivity index (χ1v) is 6.14. The van der Waals surface area contributed by atoms with Crippen molar-refractivity contribution in [3.63, 3.8) is 0 Å². The van der Waals surface area contributed by atoms with Crippen LogP contribution in [0.25, 0.3) is 5.65 Å². The van der Waals surface area contributed by atoms with Crippen LogP contribution < -0.4 is 5.32 Å². The van der Waals surface area contributed by atoms with E-state index in [0.29, 0.717) is 10.5 Å². The van der Waals surface area contributed by atoms with Gasteiger partial charge in [0.05, 0.1) is 0 Å². The van der Waals surface area contributed by atoms with Crippen LogP contribution >= 0.6 is 15.9 Å². The second-order valence-electron chi connectivity index (χ2n) is 3.47. The second kappa shape index (κ2) is 5.20. The van der Waals surface area contributed by atoms with Crippen molar-refractivity contribution in [3.05, 3.63) is 12.1 Å². The van der Waals surface area contributed by atoms with Gasteiger partial charge < -0.3 is 5.32 Å². The number of halogens is 1. The Balaban J connectivity index is 1.93. The van der Waals surface area contributed by atoms with Gasteiger partial charge in [0.15, 0.2) is 5.65 Å². The molecule has 2 aromatic heterocycles. The van der Waals surface area contributed by atoms with E-state index in [1.807, 2.05) is 12.1 Å². The van der Waals surface area contributed by atoms with Gasteiger partial charge in [-0.2, -0.15) is 0 Å². The second-order valence-corrected chi connectivity index (χ2v) is 4.76. The van der Waals surface area contributed by atoms with E-state index in [4.69, 9.17) is 0 Å². The summed E-state index contributed by atoms with van der Waals surface area (Å²) in [5.41, 5.74) is 0.650. The molecule has 0 spiro atoms. The Morgan fingerprint density at radius 2 is 2.38 bits per heavy atom. The van der Waals surface area contributed by atoms with Crippen molar-refractivity contribution in [2.75, 3.05) is 11.9 Å². The molecule has 16 heavy (non-hydrogen) atoms. The van der Waals surface area contributed by atoms with Crippen molar-refractivity contribution in [2.24, 2.45) is 0 Å². The molecule has 2 aromatic rings. The third-order valence-electron chi connectivity index (χ3n) is 2.28. The summed E-state index contributed by atoms with van der Waals surface area (Å²) in [5, 5.41) is 18.5. The number of fused-ring (bicyclic) bond motifs is 1. The molecular formula is C9H13BrN6. The minimum atomic E-state index is 0.553. The Morgan fingerprint density at radius 3 is 3.19 bits per heavy atom. The molecule has 1 N–H and O–H groups in total. The van der Waals surface area contributed by atoms with Crippen molar-refractivity contribution in [1.82, 2.24) is 25.3 Å². The molecule has 86 valence electrons. The van der Waals surface area contributed by atoms with Gasteiger partial charge in [0.1, 0.15) is 5.82 Å². The zero-order chi connectivity index (χ0) is 11.4. The first-order chi connectivity index (χ1) is 7.79. The maximum absolute atomic E-state index is 4.21. The molecule has 6 nitrogen and oxygen atoms in total. The lowest BCUT2D eigenvalue weighted by Gasteiger charge is -2.08. The number of aromatic nitrogens is 5. The van der Waals surface area contributed by atoms with Crippen molar-refractivity contribution >= 4 is 27.4 Å². The first-order valence-electron chi connectivity index (χ1n) is 5.23. The van der Waals surface area contributed by atoms with E-state index in [1.54, 1.807) is 0 Å². The maximum Gasteiger partial charge on any atom is 0.200 e. The largest absolute Gasteiger partial charge is 0.369 e. The van der Waals surface area contributed by atoms with Gasteiger partial charge in [0.2, 0.25) is 0 Å². The van der Waals surface area contributed by atoms with E-state index in [-0.39, 0.29) is 0 Å². The van der Waals surface area contributed by atoms with Crippen LogP contribution in [0, 0.1) is 0 Å². The highest BCUT2D eigenvalue weighted by Crippen LogP contribution is 2.10. The molecule has 0 saturated heterocycles. The normalized spacial score (nSPS) is 12.9. The van der Waals surface area contributed by atoms with Crippen molar-refractivity contribution in [3.8, 4) is 0 Å². The molecule has 0 fully saturated rings. The van der Waals surface area contributed by atoms with Gasteiger partial charge in [-0.3, -0.25) is 0 Å². The van der Waals surface area contributed by atoms with Crippen LogP contribution in [0.3, 0.4) is 0 Å². The van der Waals surface area contributed by atoms with E-state index >= 15 is 0 Å². The highest BCUT2D eigenvalue weighted by Gasteiger charge is 2.02. The quantitative estimate of drug-likeness (QED) is 0.843. The molecule has 0 aliphatic carbocycles. The first kappa shape index (κ1) is 11.3. The Kier molecular flexibility index (Phi) is 3.66. The third-order valence-corrected chi connectivity index (χ3v) is 3.38. The smallest absolute Gasteiger partial charge is 0.200 e. The molecule has 0 aliphatic heterocycles. The monoisotopic (exact) mass is 284 g/mol. The number of tetrazole rings is 1. The minimum absolute atomic E-state index is 0.553. The number of nitrogens with one attached hydrogen (secondary N) is 1. The van der Waals surface area contributed by atoms with Crippen LogP contribution in [-0.2, 0) is 0 Å². The van der Waals surface area contributed by atoms with Gasteiger partial charge in [-0.05, 0) is 35.4 Å². The molecule has 2 rings (SSSR count). The average Bonchev–Trinajstić information content (AvgIpc) is 2.76. The van der Waals surface area contributed by atoms with Gasteiger partial charge in [-0.15, -0.1) is 14.8 Å². The fourth-order valence-electron chi connectivity index (χ4n) is 1.30. The molecule has 2 heterocycles. The zero-order valence-corrected chi connectivity index (χ0v) is 10.6. The maximum atomic E-state index is 4.21. The highest BCUT2D eigenvalue weighted by atomic mass is 79.9. The molecular weight excluding hydrogens is 272 g/mol. The molecule has 0 aliphatic rings. The Bertz CT molecular complexity index is 456. The van der Waals surface area contributed by atoms with Crippen LogP contribution in [0.15, 0.2) is 12.1 Å². The van der Waals surface area contributed by atoms with Crippen LogP contribution in [0.4, 0.5) is 5.82 Å². The van der Waals surface area contributed by atoms with E-state index < -0.39 is 0 Å². The molecule has 0 radical (unpaired) electrons. The topological polar surface area (TPSA) is 68.0 Å². The molecule has 0 bridgehead atoms. The summed E-state index contributed by atoms with van der Waals surface area (Å²) in [6.07, 6.45) is 2.19. The van der Waals surface area contributed by atoms with Crippen molar-refractivity contribution in [2.45, 2.75) is 24.6 Å². The summed E-state index contributed by atoms with van der Waals surface area (Å²) in [5.74, 6) is 0.788. The Labute approximate surface area is 102 Å². The SMILES string of the molecule is CCC(Br)CCNc1ccc2nnnn2n1. The van der Waals surface area contributed by atoms with Gasteiger partial charge in [-0.1, -0.05) is 22.9 Å². The molecule has 0 saturated carbocycles. The van der Waals surface area contributed by atoms with Gasteiger partial charge in [0, 0.05) is 11.4 Å². The zero-order valence-electron chi connectivity index (χ0n) is 8.97. The molecule has 1 unspecified atom stereocenters. The summed E-state index contributed by atoms with van der Waals surface area (Å²) in [6.45, 7) is 3.04. The predicted octanol–water partition coefficient (Wildman–Crippen LogP) is 1.49. The highest BCUT2D eigenvalue weighted by molar-refractivity contribution is 9.09. The lowest BCUT2D eigenvalue weighted by molar-refractivity contribution is 0.727. The third kappa shape index (κ3) is 2.66. The minimum Gasteiger partial charge on any atom is -0.369 e. The summed E-state index contributed by atoms with van der Waals surface area (Å²) in [4.78, 5) is 0.553. The number of hydrogen-bond acceptors (Lipinski definition) is 5. The van der Waals surface area contributed by atoms with E-state index in [0.717, 1.165) is 25.2 Å². The number of rotatable bonds is 5. The number of hydrogen-bond donors (Lipinski definition) is 1. The molecule has 0 amide bonds. The Hall–Kier alpha value is -1.24. The molecule has 7 heteroatoms. The number of anilines is 1. The Morgan fingerprint density at radius 1 is 1.50 bits per heavy atom. The van der Waals surface area contributed by atoms with Gasteiger partial charge in [0.25, 0.3) is 0 Å². The molecule has 1 atom stereocenters. The fourth-order valence-corrected chi connectivity index (χ4v) is 1.53. The van der Waals surface area contributed by atoms with E-state index in [2.05, 4.69) is 48.8 Å². The lowest BCUT2D eigenvalue weighted by Crippen LogP contribution is -2.10. The van der Waals surface area contributed by atoms with E-state index in [1.165, 1.54) is 4.63 Å². The van der Waals surface area contributed by atoms with Crippen LogP contribution in [0.2, 0.25) is 0 Å². The average molecular weight is 285 g/mol. The van der Waals surface area contributed by atoms with Gasteiger partial charge >= 0.3 is 0 Å². The number of alkyl halides is 1. The van der Waals surface area contributed by atoms with E-state index in [9.17, 15) is 0 Å². The van der Waals surface area contributed by atoms with Crippen molar-refractivity contribution < 1.29 is 0 Å². The van der Waals surface area contributed by atoms with Crippen molar-refractivity contribution in [1.29, 1.82) is 0 Å². The van der Waals surface area contributed by atoms with Crippen LogP contribution in [0.5, 0.6) is 0 Å². The molecule has 0 aromatic carbocycles. The number of nitrogens with zero attached hydrogens (tertiary/aromatic N) is 5. The van der Waals surface area contributed by atoms with Gasteiger partial charge in [-0.25, -0.2) is 0 Å². The summed E-state index contributed by atoms with van der Waals surface area (Å²) >= 11 is 3.59. The van der Waals surface area contributed by atoms with Crippen LogP contribution in [-0.4, -0.2) is 36.6 Å². The standard InChI is InChI=1S/C9H13BrN6/c1-2-7(10)5-6-11-8-3-4-9-12-14-15-16(9)13-8/h3-4,7H,2,5-6H2,1H3,(H,11,13). The fraction of sp³-hybridized carbons (Fsp3) is 0.556. The summed E-state index contributed by atoms with van der Waals surface area (Å²) in [6, 6.07) is 3.71. The lowest BCUT2D eigenvalue weighted by atomic mass is 10.2. The summed E-state index contributed by atoms with van der Waals surface area (Å²) < 4.78 is 1.41.